The normalized spacial score (nSPS) is 12.8. The highest BCUT2D eigenvalue weighted by Crippen LogP contribution is 2.13. The van der Waals surface area contributed by atoms with Gasteiger partial charge in [0.05, 0.1) is 6.33 Å². The Morgan fingerprint density at radius 3 is 2.78 bits per heavy atom. The smallest absolute Gasteiger partial charge is 0.0922 e. The molecule has 0 amide bonds. The Bertz CT molecular complexity index is 438. The van der Waals surface area contributed by atoms with Crippen molar-refractivity contribution in [2.75, 3.05) is 0 Å². The van der Waals surface area contributed by atoms with Crippen LogP contribution in [0.5, 0.6) is 0 Å². The summed E-state index contributed by atoms with van der Waals surface area (Å²) < 4.78 is 0. The predicted octanol–water partition coefficient (Wildman–Crippen LogP) is 2.61. The van der Waals surface area contributed by atoms with Crippen LogP contribution >= 0.6 is 0 Å². The maximum atomic E-state index is 4.17. The number of H-pyrrole nitrogens is 1. The fourth-order valence-corrected chi connectivity index (χ4v) is 1.94. The van der Waals surface area contributed by atoms with Gasteiger partial charge in [-0.1, -0.05) is 13.0 Å². The standard InChI is InChI=1S/C14H20N4/c1-3-12(2)18(10-14-8-16-11-17-14)9-13-5-4-6-15-7-13/h4-8,11-12H,3,9-10H2,1-2H3,(H,16,17)/t12-/m1/s1. The molecule has 4 heteroatoms. The molecule has 0 unspecified atom stereocenters. The van der Waals surface area contributed by atoms with E-state index < -0.39 is 0 Å². The number of pyridine rings is 1. The average molecular weight is 244 g/mol. The van der Waals surface area contributed by atoms with Gasteiger partial charge in [-0.05, 0) is 25.0 Å². The molecule has 2 rings (SSSR count). The van der Waals surface area contributed by atoms with E-state index in [4.69, 9.17) is 0 Å². The maximum Gasteiger partial charge on any atom is 0.0922 e. The lowest BCUT2D eigenvalue weighted by Crippen LogP contribution is -2.31. The Morgan fingerprint density at radius 2 is 2.17 bits per heavy atom. The third-order valence-electron chi connectivity index (χ3n) is 3.25. The highest BCUT2D eigenvalue weighted by molar-refractivity contribution is 5.09. The van der Waals surface area contributed by atoms with Gasteiger partial charge in [0.25, 0.3) is 0 Å². The number of aromatic nitrogens is 3. The van der Waals surface area contributed by atoms with Gasteiger partial charge < -0.3 is 4.98 Å². The van der Waals surface area contributed by atoms with Gasteiger partial charge in [0, 0.05) is 43.4 Å². The van der Waals surface area contributed by atoms with E-state index in [1.165, 1.54) is 5.56 Å². The van der Waals surface area contributed by atoms with E-state index in [9.17, 15) is 0 Å². The van der Waals surface area contributed by atoms with Crippen molar-refractivity contribution in [3.63, 3.8) is 0 Å². The Kier molecular flexibility index (Phi) is 4.47. The van der Waals surface area contributed by atoms with E-state index in [0.29, 0.717) is 6.04 Å². The van der Waals surface area contributed by atoms with Gasteiger partial charge in [0.15, 0.2) is 0 Å². The van der Waals surface area contributed by atoms with Gasteiger partial charge in [0.2, 0.25) is 0 Å². The van der Waals surface area contributed by atoms with Crippen LogP contribution in [0, 0.1) is 0 Å². The number of imidazole rings is 1. The molecule has 18 heavy (non-hydrogen) atoms. The van der Waals surface area contributed by atoms with Crippen LogP contribution in [0.25, 0.3) is 0 Å². The molecule has 0 saturated heterocycles. The summed E-state index contributed by atoms with van der Waals surface area (Å²) in [4.78, 5) is 13.8. The topological polar surface area (TPSA) is 44.8 Å². The number of nitrogens with one attached hydrogen (secondary N) is 1. The van der Waals surface area contributed by atoms with Crippen molar-refractivity contribution in [2.24, 2.45) is 0 Å². The molecule has 0 bridgehead atoms. The zero-order chi connectivity index (χ0) is 12.8. The second kappa shape index (κ2) is 6.31. The summed E-state index contributed by atoms with van der Waals surface area (Å²) in [6.45, 7) is 6.28. The van der Waals surface area contributed by atoms with Gasteiger partial charge in [-0.3, -0.25) is 9.88 Å². The average Bonchev–Trinajstić information content (AvgIpc) is 2.91. The van der Waals surface area contributed by atoms with Crippen LogP contribution in [0.1, 0.15) is 31.5 Å². The van der Waals surface area contributed by atoms with Crippen molar-refractivity contribution in [2.45, 2.75) is 39.4 Å². The summed E-state index contributed by atoms with van der Waals surface area (Å²) in [6, 6.07) is 4.64. The van der Waals surface area contributed by atoms with Gasteiger partial charge in [-0.25, -0.2) is 4.98 Å². The van der Waals surface area contributed by atoms with E-state index in [1.54, 1.807) is 6.33 Å². The Hall–Kier alpha value is -1.68. The lowest BCUT2D eigenvalue weighted by atomic mass is 10.1. The first kappa shape index (κ1) is 12.8. The molecule has 0 aliphatic heterocycles. The molecule has 1 atom stereocenters. The van der Waals surface area contributed by atoms with Gasteiger partial charge >= 0.3 is 0 Å². The molecule has 0 radical (unpaired) electrons. The van der Waals surface area contributed by atoms with Gasteiger partial charge in [0.1, 0.15) is 0 Å². The van der Waals surface area contributed by atoms with E-state index in [1.807, 2.05) is 24.7 Å². The molecule has 1 N–H and O–H groups in total. The Labute approximate surface area is 108 Å². The molecular formula is C14H20N4. The van der Waals surface area contributed by atoms with Crippen LogP contribution in [0.4, 0.5) is 0 Å². The van der Waals surface area contributed by atoms with Crippen LogP contribution in [-0.2, 0) is 13.1 Å². The van der Waals surface area contributed by atoms with Gasteiger partial charge in [-0.2, -0.15) is 0 Å². The number of rotatable bonds is 6. The maximum absolute atomic E-state index is 4.17. The minimum absolute atomic E-state index is 0.536. The quantitative estimate of drug-likeness (QED) is 0.849. The first-order valence-electron chi connectivity index (χ1n) is 6.39. The number of hydrogen-bond acceptors (Lipinski definition) is 3. The minimum Gasteiger partial charge on any atom is -0.347 e. The molecule has 2 heterocycles. The molecule has 0 aliphatic rings. The SMILES string of the molecule is CC[C@@H](C)N(Cc1cccnc1)Cc1cnc[nH]1. The van der Waals surface area contributed by atoms with Crippen LogP contribution in [0.15, 0.2) is 37.1 Å². The van der Waals surface area contributed by atoms with Crippen molar-refractivity contribution < 1.29 is 0 Å². The van der Waals surface area contributed by atoms with Crippen molar-refractivity contribution in [3.05, 3.63) is 48.3 Å². The molecule has 0 fully saturated rings. The predicted molar refractivity (Wildman–Crippen MR) is 71.8 cm³/mol. The fourth-order valence-electron chi connectivity index (χ4n) is 1.94. The van der Waals surface area contributed by atoms with Crippen LogP contribution in [-0.4, -0.2) is 25.9 Å². The van der Waals surface area contributed by atoms with Crippen LogP contribution < -0.4 is 0 Å². The molecule has 4 nitrogen and oxygen atoms in total. The third kappa shape index (κ3) is 3.40. The van der Waals surface area contributed by atoms with Crippen molar-refractivity contribution in [1.29, 1.82) is 0 Å². The van der Waals surface area contributed by atoms with E-state index in [0.717, 1.165) is 25.2 Å². The molecular weight excluding hydrogens is 224 g/mol. The second-order valence-corrected chi connectivity index (χ2v) is 4.60. The molecule has 0 spiro atoms. The highest BCUT2D eigenvalue weighted by atomic mass is 15.2. The Morgan fingerprint density at radius 1 is 1.28 bits per heavy atom. The highest BCUT2D eigenvalue weighted by Gasteiger charge is 2.13. The van der Waals surface area contributed by atoms with Crippen molar-refractivity contribution in [3.8, 4) is 0 Å². The second-order valence-electron chi connectivity index (χ2n) is 4.60. The summed E-state index contributed by atoms with van der Waals surface area (Å²) >= 11 is 0. The number of aromatic amines is 1. The summed E-state index contributed by atoms with van der Waals surface area (Å²) in [5, 5.41) is 0. The molecule has 96 valence electrons. The molecule has 0 saturated carbocycles. The van der Waals surface area contributed by atoms with Crippen molar-refractivity contribution >= 4 is 0 Å². The molecule has 0 aliphatic carbocycles. The third-order valence-corrected chi connectivity index (χ3v) is 3.25. The molecule has 2 aromatic heterocycles. The molecule has 2 aromatic rings. The lowest BCUT2D eigenvalue weighted by molar-refractivity contribution is 0.184. The minimum atomic E-state index is 0.536. The Balaban J connectivity index is 2.06. The zero-order valence-electron chi connectivity index (χ0n) is 11.0. The van der Waals surface area contributed by atoms with Crippen LogP contribution in [0.3, 0.4) is 0 Å². The largest absolute Gasteiger partial charge is 0.347 e. The zero-order valence-corrected chi connectivity index (χ0v) is 11.0. The first-order chi connectivity index (χ1) is 8.79. The summed E-state index contributed by atoms with van der Waals surface area (Å²) in [5.41, 5.74) is 2.40. The van der Waals surface area contributed by atoms with E-state index in [-0.39, 0.29) is 0 Å². The monoisotopic (exact) mass is 244 g/mol. The van der Waals surface area contributed by atoms with Crippen molar-refractivity contribution in [1.82, 2.24) is 19.9 Å². The fraction of sp³-hybridized carbons (Fsp3) is 0.429. The number of hydrogen-bond donors (Lipinski definition) is 1. The summed E-state index contributed by atoms with van der Waals surface area (Å²) in [7, 11) is 0. The first-order valence-corrected chi connectivity index (χ1v) is 6.39. The summed E-state index contributed by atoms with van der Waals surface area (Å²) in [5.74, 6) is 0. The van der Waals surface area contributed by atoms with E-state index in [2.05, 4.69) is 39.8 Å². The lowest BCUT2D eigenvalue weighted by Gasteiger charge is -2.27. The van der Waals surface area contributed by atoms with E-state index >= 15 is 0 Å². The molecule has 0 aromatic carbocycles. The van der Waals surface area contributed by atoms with Gasteiger partial charge in [-0.15, -0.1) is 0 Å². The number of nitrogens with zero attached hydrogens (tertiary/aromatic N) is 3. The van der Waals surface area contributed by atoms with Crippen LogP contribution in [0.2, 0.25) is 0 Å². The summed E-state index contributed by atoms with van der Waals surface area (Å²) in [6.07, 6.45) is 8.50.